The van der Waals surface area contributed by atoms with Gasteiger partial charge in [-0.15, -0.1) is 0 Å². The van der Waals surface area contributed by atoms with Crippen LogP contribution < -0.4 is 9.47 Å². The molecule has 9 nitrogen and oxygen atoms in total. The molecule has 1 aliphatic carbocycles. The van der Waals surface area contributed by atoms with E-state index in [2.05, 4.69) is 10.1 Å². The van der Waals surface area contributed by atoms with Gasteiger partial charge < -0.3 is 19.5 Å². The summed E-state index contributed by atoms with van der Waals surface area (Å²) in [6.45, 7) is 0.686. The van der Waals surface area contributed by atoms with Gasteiger partial charge in [-0.3, -0.25) is 14.0 Å². The molecule has 2 aliphatic rings. The molecule has 1 amide bonds. The summed E-state index contributed by atoms with van der Waals surface area (Å²) >= 11 is 0. The van der Waals surface area contributed by atoms with E-state index < -0.39 is 5.60 Å². The number of carbonyl (C=O) groups excluding carboxylic acids is 1. The first kappa shape index (κ1) is 21.7. The zero-order valence-corrected chi connectivity index (χ0v) is 19.9. The molecule has 1 saturated carbocycles. The van der Waals surface area contributed by atoms with E-state index >= 15 is 0 Å². The molecule has 4 aromatic rings. The lowest BCUT2D eigenvalue weighted by Crippen LogP contribution is -2.64. The topological polar surface area (TPSA) is 94.6 Å². The highest BCUT2D eigenvalue weighted by atomic mass is 16.5. The maximum atomic E-state index is 13.3. The number of aliphatic hydroxyl groups is 1. The number of β-amino-alcohol motifs (C(OH)–C–C–N with tert-alkyl or cyclic N) is 1. The minimum atomic E-state index is -0.750. The number of imidazole rings is 1. The van der Waals surface area contributed by atoms with Crippen molar-refractivity contribution >= 4 is 16.9 Å². The molecule has 2 fully saturated rings. The highest BCUT2D eigenvalue weighted by molar-refractivity contribution is 6.01. The Balaban J connectivity index is 1.35. The lowest BCUT2D eigenvalue weighted by atomic mass is 9.88. The van der Waals surface area contributed by atoms with Crippen molar-refractivity contribution in [2.45, 2.75) is 18.4 Å². The molecule has 0 atom stereocenters. The monoisotopic (exact) mass is 473 g/mol. The SMILES string of the molecule is COc1cc(-n2cnc3cc(-c4cnn(C)c4)ccc32)cc(OC)c1C(=O)N1CC(O)(C2CC2)C1. The van der Waals surface area contributed by atoms with Gasteiger partial charge in [-0.2, -0.15) is 5.10 Å². The Hall–Kier alpha value is -3.85. The number of ether oxygens (including phenoxy) is 2. The number of amides is 1. The molecule has 0 bridgehead atoms. The molecular formula is C26H27N5O4. The standard InChI is InChI=1S/C26H27N5O4/c1-29-12-17(11-28-29)16-4-7-21-20(8-16)27-15-31(21)19-9-22(34-2)24(23(10-19)35-3)25(32)30-13-26(33,14-30)18-5-6-18/h4,7-12,15,18,33H,5-6,13-14H2,1-3H3. The quantitative estimate of drug-likeness (QED) is 0.463. The second kappa shape index (κ2) is 7.84. The Morgan fingerprint density at radius 1 is 1.09 bits per heavy atom. The van der Waals surface area contributed by atoms with Crippen molar-refractivity contribution in [2.24, 2.45) is 13.0 Å². The second-order valence-corrected chi connectivity index (χ2v) is 9.49. The number of hydrogen-bond acceptors (Lipinski definition) is 6. The number of rotatable bonds is 6. The maximum absolute atomic E-state index is 13.3. The predicted molar refractivity (Wildman–Crippen MR) is 130 cm³/mol. The summed E-state index contributed by atoms with van der Waals surface area (Å²) in [7, 11) is 4.97. The van der Waals surface area contributed by atoms with Gasteiger partial charge in [-0.1, -0.05) is 6.07 Å². The molecule has 2 aromatic carbocycles. The molecule has 1 aliphatic heterocycles. The van der Waals surface area contributed by atoms with Gasteiger partial charge in [-0.25, -0.2) is 4.98 Å². The number of likely N-dealkylation sites (tertiary alicyclic amines) is 1. The van der Waals surface area contributed by atoms with E-state index in [4.69, 9.17) is 9.47 Å². The molecule has 0 unspecified atom stereocenters. The molecular weight excluding hydrogens is 446 g/mol. The normalized spacial score (nSPS) is 16.9. The van der Waals surface area contributed by atoms with E-state index in [1.807, 2.05) is 54.3 Å². The van der Waals surface area contributed by atoms with Gasteiger partial charge in [-0.05, 0) is 36.5 Å². The van der Waals surface area contributed by atoms with Crippen molar-refractivity contribution in [1.82, 2.24) is 24.2 Å². The van der Waals surface area contributed by atoms with Crippen LogP contribution in [0.1, 0.15) is 23.2 Å². The Morgan fingerprint density at radius 2 is 1.80 bits per heavy atom. The average molecular weight is 474 g/mol. The summed E-state index contributed by atoms with van der Waals surface area (Å²) in [6, 6.07) is 9.72. The van der Waals surface area contributed by atoms with E-state index in [0.717, 1.165) is 40.7 Å². The molecule has 1 saturated heterocycles. The van der Waals surface area contributed by atoms with Gasteiger partial charge in [0.15, 0.2) is 0 Å². The van der Waals surface area contributed by atoms with Crippen LogP contribution in [-0.4, -0.2) is 68.2 Å². The van der Waals surface area contributed by atoms with Gasteiger partial charge >= 0.3 is 0 Å². The van der Waals surface area contributed by atoms with Crippen LogP contribution in [0.2, 0.25) is 0 Å². The van der Waals surface area contributed by atoms with Crippen LogP contribution in [0, 0.1) is 5.92 Å². The van der Waals surface area contributed by atoms with E-state index in [9.17, 15) is 9.90 Å². The summed E-state index contributed by atoms with van der Waals surface area (Å²) in [5.41, 5.74) is 4.19. The Morgan fingerprint density at radius 3 is 2.40 bits per heavy atom. The van der Waals surface area contributed by atoms with Crippen molar-refractivity contribution in [2.75, 3.05) is 27.3 Å². The van der Waals surface area contributed by atoms with Gasteiger partial charge in [0.25, 0.3) is 5.91 Å². The molecule has 3 heterocycles. The van der Waals surface area contributed by atoms with E-state index in [1.54, 1.807) is 15.9 Å². The third-order valence-electron chi connectivity index (χ3n) is 7.12. The minimum Gasteiger partial charge on any atom is -0.496 e. The first-order valence-electron chi connectivity index (χ1n) is 11.6. The summed E-state index contributed by atoms with van der Waals surface area (Å²) in [4.78, 5) is 19.6. The fourth-order valence-corrected chi connectivity index (χ4v) is 5.01. The Bertz CT molecular complexity index is 1420. The average Bonchev–Trinajstić information content (AvgIpc) is 3.49. The van der Waals surface area contributed by atoms with Crippen LogP contribution >= 0.6 is 0 Å². The largest absolute Gasteiger partial charge is 0.496 e. The smallest absolute Gasteiger partial charge is 0.261 e. The fraction of sp³-hybridized carbons (Fsp3) is 0.346. The third kappa shape index (κ3) is 3.54. The Kier molecular flexibility index (Phi) is 4.86. The van der Waals surface area contributed by atoms with Crippen molar-refractivity contribution < 1.29 is 19.4 Å². The highest BCUT2D eigenvalue weighted by Crippen LogP contribution is 2.45. The summed E-state index contributed by atoms with van der Waals surface area (Å²) in [5.74, 6) is 0.943. The van der Waals surface area contributed by atoms with Crippen LogP contribution in [0.25, 0.3) is 27.8 Å². The molecule has 0 spiro atoms. The highest BCUT2D eigenvalue weighted by Gasteiger charge is 2.53. The van der Waals surface area contributed by atoms with Crippen molar-refractivity contribution in [3.05, 3.63) is 54.6 Å². The van der Waals surface area contributed by atoms with Crippen molar-refractivity contribution in [3.8, 4) is 28.3 Å². The zero-order chi connectivity index (χ0) is 24.3. The number of aromatic nitrogens is 4. The van der Waals surface area contributed by atoms with Crippen LogP contribution in [0.5, 0.6) is 11.5 Å². The minimum absolute atomic E-state index is 0.202. The van der Waals surface area contributed by atoms with Gasteiger partial charge in [0.1, 0.15) is 29.0 Å². The number of fused-ring (bicyclic) bond motifs is 1. The number of carbonyl (C=O) groups is 1. The first-order valence-corrected chi connectivity index (χ1v) is 11.6. The van der Waals surface area contributed by atoms with Gasteiger partial charge in [0.05, 0.1) is 50.2 Å². The molecule has 35 heavy (non-hydrogen) atoms. The van der Waals surface area contributed by atoms with Crippen LogP contribution in [0.15, 0.2) is 49.1 Å². The fourth-order valence-electron chi connectivity index (χ4n) is 5.01. The van der Waals surface area contributed by atoms with E-state index in [0.29, 0.717) is 36.1 Å². The number of methoxy groups -OCH3 is 2. The molecule has 0 radical (unpaired) electrons. The second-order valence-electron chi connectivity index (χ2n) is 9.49. The van der Waals surface area contributed by atoms with Crippen LogP contribution in [0.4, 0.5) is 0 Å². The summed E-state index contributed by atoms with van der Waals surface area (Å²) < 4.78 is 15.0. The lowest BCUT2D eigenvalue weighted by Gasteiger charge is -2.47. The predicted octanol–water partition coefficient (Wildman–Crippen LogP) is 3.04. The van der Waals surface area contributed by atoms with Gasteiger partial charge in [0.2, 0.25) is 0 Å². The van der Waals surface area contributed by atoms with Gasteiger partial charge in [0, 0.05) is 30.9 Å². The van der Waals surface area contributed by atoms with Crippen LogP contribution in [-0.2, 0) is 7.05 Å². The Labute approximate surface area is 202 Å². The summed E-state index contributed by atoms with van der Waals surface area (Å²) in [5, 5.41) is 14.9. The molecule has 180 valence electrons. The van der Waals surface area contributed by atoms with Crippen molar-refractivity contribution in [1.29, 1.82) is 0 Å². The van der Waals surface area contributed by atoms with Crippen LogP contribution in [0.3, 0.4) is 0 Å². The number of hydrogen-bond donors (Lipinski definition) is 1. The zero-order valence-electron chi connectivity index (χ0n) is 19.9. The van der Waals surface area contributed by atoms with Crippen molar-refractivity contribution in [3.63, 3.8) is 0 Å². The first-order chi connectivity index (χ1) is 16.9. The third-order valence-corrected chi connectivity index (χ3v) is 7.12. The van der Waals surface area contributed by atoms with E-state index in [-0.39, 0.29) is 5.91 Å². The number of benzene rings is 2. The molecule has 1 N–H and O–H groups in total. The molecule has 6 rings (SSSR count). The molecule has 9 heteroatoms. The molecule has 2 aromatic heterocycles. The number of aryl methyl sites for hydroxylation is 1. The summed E-state index contributed by atoms with van der Waals surface area (Å²) in [6.07, 6.45) is 7.60. The maximum Gasteiger partial charge on any atom is 0.261 e. The lowest BCUT2D eigenvalue weighted by molar-refractivity contribution is -0.0959. The van der Waals surface area contributed by atoms with E-state index in [1.165, 1.54) is 14.2 Å². The number of nitrogens with zero attached hydrogens (tertiary/aromatic N) is 5.